The fourth-order valence-corrected chi connectivity index (χ4v) is 5.16. The molecular weight excluding hydrogens is 482 g/mol. The lowest BCUT2D eigenvalue weighted by atomic mass is 10.1. The summed E-state index contributed by atoms with van der Waals surface area (Å²) in [6, 6.07) is 11.7. The van der Waals surface area contributed by atoms with Gasteiger partial charge in [0, 0.05) is 54.3 Å². The highest BCUT2D eigenvalue weighted by Crippen LogP contribution is 2.35. The number of carbonyl (C=O) groups is 1. The Kier molecular flexibility index (Phi) is 6.92. The summed E-state index contributed by atoms with van der Waals surface area (Å²) in [4.78, 5) is 24.2. The van der Waals surface area contributed by atoms with Crippen LogP contribution in [0.15, 0.2) is 54.9 Å². The van der Waals surface area contributed by atoms with Gasteiger partial charge in [-0.25, -0.2) is 9.97 Å². The zero-order valence-corrected chi connectivity index (χ0v) is 20.9. The number of terminal acetylenes is 1. The summed E-state index contributed by atoms with van der Waals surface area (Å²) in [5, 5.41) is 7.06. The number of morpholine rings is 1. The topological polar surface area (TPSA) is 97.8 Å². The number of carbonyl (C=O) groups excluding carboxylic acids is 1. The maximum atomic E-state index is 12.9. The van der Waals surface area contributed by atoms with Crippen molar-refractivity contribution < 1.29 is 19.0 Å². The molecule has 3 aromatic rings. The first kappa shape index (κ1) is 24.4. The standard InChI is InChI=1S/C29H29N5O4/c1-2-19-5-3-6-20(11-19)32-29-24-13-26(27(14-25(24)30-18-31-29)38-22-8-10-36-17-22)33-28(35)7-4-9-34-15-23-12-21(34)16-37-23/h1,3-7,11,13-14,18,21-23H,8-10,12,15-17H2,(H,33,35)(H,30,31,32)/b7-4+/t21-,22+,23-/m1/s1. The molecule has 194 valence electrons. The van der Waals surface area contributed by atoms with Crippen molar-refractivity contribution in [2.75, 3.05) is 43.5 Å². The third-order valence-electron chi connectivity index (χ3n) is 7.09. The van der Waals surface area contributed by atoms with Gasteiger partial charge in [0.05, 0.1) is 37.1 Å². The van der Waals surface area contributed by atoms with E-state index in [1.54, 1.807) is 6.08 Å². The molecule has 0 saturated carbocycles. The summed E-state index contributed by atoms with van der Waals surface area (Å²) in [5.74, 6) is 3.55. The Balaban J connectivity index is 1.25. The molecule has 3 fully saturated rings. The number of nitrogens with one attached hydrogen (secondary N) is 2. The van der Waals surface area contributed by atoms with Gasteiger partial charge in [-0.1, -0.05) is 18.1 Å². The second kappa shape index (κ2) is 10.8. The van der Waals surface area contributed by atoms with Gasteiger partial charge >= 0.3 is 0 Å². The quantitative estimate of drug-likeness (QED) is 0.351. The molecule has 38 heavy (non-hydrogen) atoms. The number of benzene rings is 2. The van der Waals surface area contributed by atoms with Crippen LogP contribution in [-0.2, 0) is 14.3 Å². The SMILES string of the molecule is C#Cc1cccc(Nc2ncnc3cc(O[C@H]4CCOC4)c(NC(=O)/C=C/CN4C[C@H]5C[C@@H]4CO5)cc23)c1. The number of fused-ring (bicyclic) bond motifs is 3. The van der Waals surface area contributed by atoms with Crippen LogP contribution < -0.4 is 15.4 Å². The molecule has 3 atom stereocenters. The summed E-state index contributed by atoms with van der Waals surface area (Å²) >= 11 is 0. The van der Waals surface area contributed by atoms with Gasteiger partial charge in [0.2, 0.25) is 5.91 Å². The minimum atomic E-state index is -0.231. The fourth-order valence-electron chi connectivity index (χ4n) is 5.16. The number of ether oxygens (including phenoxy) is 3. The molecule has 4 heterocycles. The van der Waals surface area contributed by atoms with Crippen molar-refractivity contribution in [2.24, 2.45) is 0 Å². The summed E-state index contributed by atoms with van der Waals surface area (Å²) in [6.07, 6.45) is 12.6. The highest BCUT2D eigenvalue weighted by Gasteiger charge is 2.38. The summed E-state index contributed by atoms with van der Waals surface area (Å²) in [6.45, 7) is 3.58. The van der Waals surface area contributed by atoms with Crippen molar-refractivity contribution in [3.05, 3.63) is 60.4 Å². The number of anilines is 3. The largest absolute Gasteiger partial charge is 0.486 e. The smallest absolute Gasteiger partial charge is 0.248 e. The van der Waals surface area contributed by atoms with Crippen LogP contribution in [0.25, 0.3) is 10.9 Å². The Morgan fingerprint density at radius 2 is 2.21 bits per heavy atom. The average Bonchev–Trinajstić information content (AvgIpc) is 3.69. The number of amides is 1. The van der Waals surface area contributed by atoms with Crippen molar-refractivity contribution in [3.8, 4) is 18.1 Å². The molecule has 0 spiro atoms. The molecule has 1 aromatic heterocycles. The maximum Gasteiger partial charge on any atom is 0.248 e. The van der Waals surface area contributed by atoms with Gasteiger partial charge in [-0.2, -0.15) is 0 Å². The third-order valence-corrected chi connectivity index (χ3v) is 7.09. The molecule has 0 unspecified atom stereocenters. The van der Waals surface area contributed by atoms with E-state index >= 15 is 0 Å². The lowest BCUT2D eigenvalue weighted by Crippen LogP contribution is -2.36. The molecule has 3 saturated heterocycles. The lowest BCUT2D eigenvalue weighted by Gasteiger charge is -2.25. The Bertz CT molecular complexity index is 1410. The van der Waals surface area contributed by atoms with E-state index in [1.165, 1.54) is 6.33 Å². The number of rotatable bonds is 8. The van der Waals surface area contributed by atoms with Crippen LogP contribution in [0.4, 0.5) is 17.2 Å². The molecule has 0 radical (unpaired) electrons. The van der Waals surface area contributed by atoms with E-state index in [0.717, 1.165) is 49.2 Å². The number of aromatic nitrogens is 2. The minimum Gasteiger partial charge on any atom is -0.486 e. The van der Waals surface area contributed by atoms with E-state index < -0.39 is 0 Å². The Morgan fingerprint density at radius 3 is 3.00 bits per heavy atom. The molecule has 2 bridgehead atoms. The maximum absolute atomic E-state index is 12.9. The molecular formula is C29H29N5O4. The zero-order valence-electron chi connectivity index (χ0n) is 20.9. The fraction of sp³-hybridized carbons (Fsp3) is 0.345. The number of nitrogens with zero attached hydrogens (tertiary/aromatic N) is 3. The number of hydrogen-bond donors (Lipinski definition) is 2. The van der Waals surface area contributed by atoms with E-state index in [0.29, 0.717) is 48.1 Å². The predicted octanol–water partition coefficient (Wildman–Crippen LogP) is 3.49. The first-order valence-corrected chi connectivity index (χ1v) is 12.8. The molecule has 3 aliphatic rings. The van der Waals surface area contributed by atoms with Crippen molar-refractivity contribution in [1.82, 2.24) is 14.9 Å². The molecule has 3 aliphatic heterocycles. The van der Waals surface area contributed by atoms with E-state index in [4.69, 9.17) is 20.6 Å². The van der Waals surface area contributed by atoms with Gasteiger partial charge in [0.25, 0.3) is 0 Å². The van der Waals surface area contributed by atoms with E-state index in [1.807, 2.05) is 42.5 Å². The molecule has 6 rings (SSSR count). The van der Waals surface area contributed by atoms with Crippen molar-refractivity contribution in [1.29, 1.82) is 0 Å². The normalized spacial score (nSPS) is 22.7. The van der Waals surface area contributed by atoms with Crippen LogP contribution in [0.3, 0.4) is 0 Å². The second-order valence-corrected chi connectivity index (χ2v) is 9.73. The monoisotopic (exact) mass is 511 g/mol. The Labute approximate surface area is 221 Å². The van der Waals surface area contributed by atoms with E-state index in [9.17, 15) is 4.79 Å². The summed E-state index contributed by atoms with van der Waals surface area (Å²) < 4.78 is 17.4. The molecule has 0 aliphatic carbocycles. The molecule has 9 nitrogen and oxygen atoms in total. The van der Waals surface area contributed by atoms with Crippen LogP contribution in [0.1, 0.15) is 18.4 Å². The van der Waals surface area contributed by atoms with E-state index in [2.05, 4.69) is 31.4 Å². The van der Waals surface area contributed by atoms with Crippen LogP contribution in [-0.4, -0.2) is 71.9 Å². The van der Waals surface area contributed by atoms with Crippen LogP contribution in [0, 0.1) is 12.3 Å². The second-order valence-electron chi connectivity index (χ2n) is 9.73. The summed E-state index contributed by atoms with van der Waals surface area (Å²) in [7, 11) is 0. The molecule has 9 heteroatoms. The minimum absolute atomic E-state index is 0.0858. The molecule has 2 aromatic carbocycles. The average molecular weight is 512 g/mol. The zero-order chi connectivity index (χ0) is 25.9. The summed E-state index contributed by atoms with van der Waals surface area (Å²) in [5.41, 5.74) is 2.79. The van der Waals surface area contributed by atoms with Gasteiger partial charge in [-0.15, -0.1) is 6.42 Å². The van der Waals surface area contributed by atoms with Gasteiger partial charge < -0.3 is 24.8 Å². The van der Waals surface area contributed by atoms with Gasteiger partial charge in [-0.05, 0) is 30.7 Å². The molecule has 2 N–H and O–H groups in total. The first-order valence-electron chi connectivity index (χ1n) is 12.8. The predicted molar refractivity (Wildman–Crippen MR) is 145 cm³/mol. The van der Waals surface area contributed by atoms with Crippen molar-refractivity contribution in [3.63, 3.8) is 0 Å². The van der Waals surface area contributed by atoms with Crippen LogP contribution in [0.2, 0.25) is 0 Å². The molecule has 1 amide bonds. The number of likely N-dealkylation sites (tertiary alicyclic amines) is 1. The van der Waals surface area contributed by atoms with E-state index in [-0.39, 0.29) is 12.0 Å². The highest BCUT2D eigenvalue weighted by molar-refractivity contribution is 6.03. The van der Waals surface area contributed by atoms with Gasteiger partial charge in [-0.3, -0.25) is 9.69 Å². The van der Waals surface area contributed by atoms with Gasteiger partial charge in [0.15, 0.2) is 0 Å². The van der Waals surface area contributed by atoms with Crippen molar-refractivity contribution >= 4 is 34.0 Å². The van der Waals surface area contributed by atoms with Crippen LogP contribution in [0.5, 0.6) is 5.75 Å². The Morgan fingerprint density at radius 1 is 1.26 bits per heavy atom. The Hall–Kier alpha value is -3.97. The van der Waals surface area contributed by atoms with Gasteiger partial charge in [0.1, 0.15) is 24.0 Å². The number of hydrogen-bond acceptors (Lipinski definition) is 8. The third kappa shape index (κ3) is 5.34. The first-order chi connectivity index (χ1) is 18.6. The van der Waals surface area contributed by atoms with Crippen molar-refractivity contribution in [2.45, 2.75) is 31.1 Å². The highest BCUT2D eigenvalue weighted by atomic mass is 16.5. The van der Waals surface area contributed by atoms with Crippen LogP contribution >= 0.6 is 0 Å². The lowest BCUT2D eigenvalue weighted by molar-refractivity contribution is -0.111.